The fraction of sp³-hybridized carbons (Fsp3) is 0.211. The molecule has 2 aromatic carbocycles. The van der Waals surface area contributed by atoms with E-state index in [-0.39, 0.29) is 10.6 Å². The van der Waals surface area contributed by atoms with Crippen molar-refractivity contribution in [2.45, 2.75) is 12.8 Å². The van der Waals surface area contributed by atoms with Gasteiger partial charge in [-0.3, -0.25) is 10.1 Å². The summed E-state index contributed by atoms with van der Waals surface area (Å²) in [6, 6.07) is 14.4. The van der Waals surface area contributed by atoms with Crippen LogP contribution in [0.1, 0.15) is 12.8 Å². The molecule has 2 aromatic heterocycles. The molecule has 3 heterocycles. The van der Waals surface area contributed by atoms with Gasteiger partial charge in [0.2, 0.25) is 5.95 Å². The molecule has 0 aliphatic carbocycles. The lowest BCUT2D eigenvalue weighted by Gasteiger charge is -2.19. The minimum Gasteiger partial charge on any atom is -0.342 e. The highest BCUT2D eigenvalue weighted by Gasteiger charge is 2.25. The lowest BCUT2D eigenvalue weighted by atomic mass is 10.1. The second-order valence-corrected chi connectivity index (χ2v) is 6.58. The van der Waals surface area contributed by atoms with Gasteiger partial charge in [0, 0.05) is 24.5 Å². The largest absolute Gasteiger partial charge is 0.342 e. The average Bonchev–Trinajstić information content (AvgIpc) is 3.37. The molecule has 8 nitrogen and oxygen atoms in total. The van der Waals surface area contributed by atoms with Crippen LogP contribution in [0.2, 0.25) is 0 Å². The van der Waals surface area contributed by atoms with Crippen LogP contribution in [0.15, 0.2) is 48.5 Å². The van der Waals surface area contributed by atoms with Gasteiger partial charge in [-0.05, 0) is 31.0 Å². The third-order valence-corrected chi connectivity index (χ3v) is 4.96. The zero-order chi connectivity index (χ0) is 18.4. The predicted molar refractivity (Wildman–Crippen MR) is 102 cm³/mol. The quantitative estimate of drug-likeness (QED) is 0.411. The van der Waals surface area contributed by atoms with Crippen molar-refractivity contribution in [3.05, 3.63) is 58.6 Å². The number of benzene rings is 2. The van der Waals surface area contributed by atoms with Crippen LogP contribution in [0.5, 0.6) is 0 Å². The van der Waals surface area contributed by atoms with Crippen LogP contribution in [0.3, 0.4) is 0 Å². The van der Waals surface area contributed by atoms with E-state index in [1.165, 1.54) is 6.07 Å². The smallest absolute Gasteiger partial charge is 0.280 e. The number of para-hydroxylation sites is 2. The lowest BCUT2D eigenvalue weighted by Crippen LogP contribution is -2.22. The van der Waals surface area contributed by atoms with E-state index in [0.29, 0.717) is 17.0 Å². The second-order valence-electron chi connectivity index (χ2n) is 6.58. The minimum absolute atomic E-state index is 0.00679. The van der Waals surface area contributed by atoms with Crippen molar-refractivity contribution < 1.29 is 4.92 Å². The number of rotatable bonds is 3. The molecule has 0 saturated carbocycles. The summed E-state index contributed by atoms with van der Waals surface area (Å²) in [4.78, 5) is 18.2. The minimum atomic E-state index is -0.388. The van der Waals surface area contributed by atoms with Gasteiger partial charge in [-0.1, -0.05) is 24.3 Å². The van der Waals surface area contributed by atoms with Crippen molar-refractivity contribution in [1.29, 1.82) is 0 Å². The molecule has 1 fully saturated rings. The maximum Gasteiger partial charge on any atom is 0.280 e. The molecule has 0 N–H and O–H groups in total. The zero-order valence-electron chi connectivity index (χ0n) is 14.4. The molecule has 1 aliphatic heterocycles. The third-order valence-electron chi connectivity index (χ3n) is 4.96. The van der Waals surface area contributed by atoms with Crippen molar-refractivity contribution in [3.8, 4) is 11.4 Å². The van der Waals surface area contributed by atoms with Crippen LogP contribution in [0, 0.1) is 10.1 Å². The third kappa shape index (κ3) is 2.41. The molecular formula is C19H16N6O2. The van der Waals surface area contributed by atoms with Gasteiger partial charge in [0.15, 0.2) is 11.5 Å². The Labute approximate surface area is 154 Å². The van der Waals surface area contributed by atoms with Crippen LogP contribution in [-0.4, -0.2) is 37.6 Å². The molecule has 0 bridgehead atoms. The number of hydrogen-bond acceptors (Lipinski definition) is 6. The molecule has 1 aliphatic rings. The summed E-state index contributed by atoms with van der Waals surface area (Å²) in [5.74, 6) is 1.18. The van der Waals surface area contributed by atoms with Crippen LogP contribution in [0.4, 0.5) is 11.6 Å². The first kappa shape index (κ1) is 15.7. The Kier molecular flexibility index (Phi) is 3.49. The number of aromatic nitrogens is 4. The van der Waals surface area contributed by atoms with Crippen LogP contribution < -0.4 is 4.90 Å². The van der Waals surface area contributed by atoms with Gasteiger partial charge in [0.1, 0.15) is 0 Å². The van der Waals surface area contributed by atoms with Crippen LogP contribution in [0.25, 0.3) is 27.9 Å². The number of nitro groups is 1. The van der Waals surface area contributed by atoms with E-state index < -0.39 is 0 Å². The summed E-state index contributed by atoms with van der Waals surface area (Å²) in [5.41, 5.74) is 1.95. The van der Waals surface area contributed by atoms with Gasteiger partial charge in [-0.15, -0.1) is 10.2 Å². The molecular weight excluding hydrogens is 344 g/mol. The molecule has 8 heteroatoms. The topological polar surface area (TPSA) is 89.5 Å². The monoisotopic (exact) mass is 360 g/mol. The maximum atomic E-state index is 11.5. The summed E-state index contributed by atoms with van der Waals surface area (Å²) in [6.07, 6.45) is 2.19. The first-order valence-corrected chi connectivity index (χ1v) is 8.86. The predicted octanol–water partition coefficient (Wildman–Crippen LogP) is 3.45. The van der Waals surface area contributed by atoms with Gasteiger partial charge in [-0.2, -0.15) is 0 Å². The Balaban J connectivity index is 1.87. The normalized spacial score (nSPS) is 14.3. The van der Waals surface area contributed by atoms with Crippen molar-refractivity contribution in [1.82, 2.24) is 19.6 Å². The van der Waals surface area contributed by atoms with Crippen LogP contribution in [-0.2, 0) is 0 Å². The summed E-state index contributed by atoms with van der Waals surface area (Å²) < 4.78 is 1.86. The van der Waals surface area contributed by atoms with E-state index in [4.69, 9.17) is 4.98 Å². The van der Waals surface area contributed by atoms with Gasteiger partial charge in [0.25, 0.3) is 5.69 Å². The second kappa shape index (κ2) is 6.01. The Morgan fingerprint density at radius 3 is 2.52 bits per heavy atom. The van der Waals surface area contributed by atoms with Crippen molar-refractivity contribution in [3.63, 3.8) is 0 Å². The number of hydrogen-bond donors (Lipinski definition) is 0. The van der Waals surface area contributed by atoms with Gasteiger partial charge in [-0.25, -0.2) is 9.38 Å². The molecule has 0 atom stereocenters. The van der Waals surface area contributed by atoms with Crippen molar-refractivity contribution in [2.75, 3.05) is 18.0 Å². The molecule has 4 aromatic rings. The summed E-state index contributed by atoms with van der Waals surface area (Å²) >= 11 is 0. The fourth-order valence-electron chi connectivity index (χ4n) is 3.69. The molecule has 0 radical (unpaired) electrons. The maximum absolute atomic E-state index is 11.5. The number of nitrogens with zero attached hydrogens (tertiary/aromatic N) is 6. The summed E-state index contributed by atoms with van der Waals surface area (Å²) in [7, 11) is 0. The first-order valence-electron chi connectivity index (χ1n) is 8.86. The van der Waals surface area contributed by atoms with Crippen molar-refractivity contribution >= 4 is 28.2 Å². The highest BCUT2D eigenvalue weighted by atomic mass is 16.6. The lowest BCUT2D eigenvalue weighted by molar-refractivity contribution is -0.384. The van der Waals surface area contributed by atoms with Gasteiger partial charge >= 0.3 is 0 Å². The number of fused-ring (bicyclic) bond motifs is 3. The average molecular weight is 360 g/mol. The Morgan fingerprint density at radius 1 is 0.963 bits per heavy atom. The van der Waals surface area contributed by atoms with Crippen molar-refractivity contribution in [2.24, 2.45) is 0 Å². The summed E-state index contributed by atoms with van der Waals surface area (Å²) in [6.45, 7) is 1.80. The molecule has 134 valence electrons. The fourth-order valence-corrected chi connectivity index (χ4v) is 3.69. The standard InChI is InChI=1S/C19H16N6O2/c26-25(27)16-10-4-2-8-14(16)18-22-21-17-13-7-1-3-9-15(13)20-19(24(17)18)23-11-5-6-12-23/h1-4,7-10H,5-6,11-12H2. The van der Waals surface area contributed by atoms with E-state index in [1.54, 1.807) is 18.2 Å². The number of anilines is 1. The van der Waals surface area contributed by atoms with E-state index in [9.17, 15) is 10.1 Å². The Morgan fingerprint density at radius 2 is 1.70 bits per heavy atom. The van der Waals surface area contributed by atoms with E-state index in [1.807, 2.05) is 28.7 Å². The molecule has 5 rings (SSSR count). The van der Waals surface area contributed by atoms with Crippen LogP contribution >= 0.6 is 0 Å². The summed E-state index contributed by atoms with van der Waals surface area (Å²) in [5, 5.41) is 21.1. The molecule has 1 saturated heterocycles. The van der Waals surface area contributed by atoms with Gasteiger partial charge < -0.3 is 4.90 Å². The highest BCUT2D eigenvalue weighted by molar-refractivity contribution is 5.93. The highest BCUT2D eigenvalue weighted by Crippen LogP contribution is 2.33. The Bertz CT molecular complexity index is 1180. The van der Waals surface area contributed by atoms with E-state index in [0.717, 1.165) is 42.8 Å². The molecule has 0 unspecified atom stereocenters. The Hall–Kier alpha value is -3.55. The van der Waals surface area contributed by atoms with Gasteiger partial charge in [0.05, 0.1) is 16.0 Å². The van der Waals surface area contributed by atoms with E-state index >= 15 is 0 Å². The molecule has 0 spiro atoms. The first-order chi connectivity index (χ1) is 13.2. The van der Waals surface area contributed by atoms with E-state index in [2.05, 4.69) is 15.1 Å². The number of nitro benzene ring substituents is 1. The zero-order valence-corrected chi connectivity index (χ0v) is 14.4. The molecule has 27 heavy (non-hydrogen) atoms. The molecule has 0 amide bonds. The SMILES string of the molecule is O=[N+]([O-])c1ccccc1-c1nnc2c3ccccc3nc(N3CCCC3)n12.